The first-order chi connectivity index (χ1) is 11.4. The molecule has 1 aliphatic heterocycles. The van der Waals surface area contributed by atoms with Gasteiger partial charge in [0.15, 0.2) is 0 Å². The van der Waals surface area contributed by atoms with Gasteiger partial charge in [0.1, 0.15) is 5.75 Å². The lowest BCUT2D eigenvalue weighted by molar-refractivity contribution is -0.117. The molecule has 1 heterocycles. The summed E-state index contributed by atoms with van der Waals surface area (Å²) in [4.78, 5) is 12.0. The summed E-state index contributed by atoms with van der Waals surface area (Å²) in [5.41, 5.74) is 5.84. The Balaban J connectivity index is 2.35. The van der Waals surface area contributed by atoms with E-state index in [4.69, 9.17) is 15.2 Å². The van der Waals surface area contributed by atoms with Gasteiger partial charge < -0.3 is 20.5 Å². The number of nitrogens with zero attached hydrogens (tertiary/aromatic N) is 1. The summed E-state index contributed by atoms with van der Waals surface area (Å²) in [7, 11) is -3.66. The van der Waals surface area contributed by atoms with Crippen LogP contribution in [-0.2, 0) is 19.6 Å². The van der Waals surface area contributed by atoms with Gasteiger partial charge in [0.2, 0.25) is 15.9 Å². The molecule has 1 amide bonds. The van der Waals surface area contributed by atoms with E-state index >= 15 is 0 Å². The van der Waals surface area contributed by atoms with Crippen molar-refractivity contribution in [3.63, 3.8) is 0 Å². The highest BCUT2D eigenvalue weighted by atomic mass is 32.2. The van der Waals surface area contributed by atoms with E-state index in [0.29, 0.717) is 38.7 Å². The second kappa shape index (κ2) is 7.93. The molecule has 1 aromatic carbocycles. The van der Waals surface area contributed by atoms with Crippen LogP contribution < -0.4 is 15.8 Å². The van der Waals surface area contributed by atoms with Crippen LogP contribution in [0.4, 0.5) is 5.69 Å². The molecule has 134 valence electrons. The smallest absolute Gasteiger partial charge is 0.243 e. The minimum absolute atomic E-state index is 0.0906. The maximum atomic E-state index is 12.7. The molecule has 0 unspecified atom stereocenters. The number of benzene rings is 1. The van der Waals surface area contributed by atoms with Crippen LogP contribution in [-0.4, -0.2) is 57.6 Å². The lowest BCUT2D eigenvalue weighted by Gasteiger charge is -2.26. The van der Waals surface area contributed by atoms with Crippen LogP contribution in [0.1, 0.15) is 13.8 Å². The fourth-order valence-corrected chi connectivity index (χ4v) is 3.67. The van der Waals surface area contributed by atoms with E-state index in [2.05, 4.69) is 5.32 Å². The fourth-order valence-electron chi connectivity index (χ4n) is 2.23. The summed E-state index contributed by atoms with van der Waals surface area (Å²) in [6.07, 6.45) is 0. The van der Waals surface area contributed by atoms with Crippen LogP contribution in [0, 0.1) is 0 Å². The number of anilines is 1. The molecule has 0 bridgehead atoms. The van der Waals surface area contributed by atoms with Crippen molar-refractivity contribution in [2.75, 3.05) is 38.2 Å². The first kappa shape index (κ1) is 18.7. The second-order valence-corrected chi connectivity index (χ2v) is 7.32. The Labute approximate surface area is 142 Å². The number of nitrogens with one attached hydrogen (secondary N) is 1. The van der Waals surface area contributed by atoms with Crippen LogP contribution >= 0.6 is 0 Å². The Kier molecular flexibility index (Phi) is 6.16. The number of nitrogens with two attached hydrogens (primary N) is 1. The molecule has 0 spiro atoms. The normalized spacial score (nSPS) is 17.3. The number of carbonyl (C=O) groups excluding carboxylic acids is 1. The molecule has 1 aromatic rings. The van der Waals surface area contributed by atoms with Crippen LogP contribution in [0.3, 0.4) is 0 Å². The number of sulfonamides is 1. The van der Waals surface area contributed by atoms with Crippen molar-refractivity contribution in [2.24, 2.45) is 5.73 Å². The van der Waals surface area contributed by atoms with Crippen LogP contribution in [0.2, 0.25) is 0 Å². The third kappa shape index (κ3) is 4.23. The molecule has 0 radical (unpaired) electrons. The molecule has 1 atom stereocenters. The van der Waals surface area contributed by atoms with Gasteiger partial charge in [-0.05, 0) is 32.0 Å². The molecular formula is C15H23N3O5S. The van der Waals surface area contributed by atoms with Gasteiger partial charge in [-0.3, -0.25) is 4.79 Å². The Bertz CT molecular complexity index is 684. The second-order valence-electron chi connectivity index (χ2n) is 5.39. The fraction of sp³-hybridized carbons (Fsp3) is 0.533. The highest BCUT2D eigenvalue weighted by molar-refractivity contribution is 7.89. The van der Waals surface area contributed by atoms with E-state index in [-0.39, 0.29) is 10.6 Å². The first-order valence-electron chi connectivity index (χ1n) is 7.77. The maximum absolute atomic E-state index is 12.7. The molecule has 1 saturated heterocycles. The molecule has 2 rings (SSSR count). The van der Waals surface area contributed by atoms with Crippen molar-refractivity contribution in [2.45, 2.75) is 24.8 Å². The van der Waals surface area contributed by atoms with Crippen molar-refractivity contribution in [1.29, 1.82) is 0 Å². The number of carbonyl (C=O) groups is 1. The summed E-state index contributed by atoms with van der Waals surface area (Å²) in [5, 5.41) is 2.61. The zero-order valence-electron chi connectivity index (χ0n) is 13.8. The van der Waals surface area contributed by atoms with Gasteiger partial charge in [-0.25, -0.2) is 8.42 Å². The third-order valence-corrected chi connectivity index (χ3v) is 5.42. The van der Waals surface area contributed by atoms with Gasteiger partial charge >= 0.3 is 0 Å². The summed E-state index contributed by atoms with van der Waals surface area (Å²) < 4.78 is 37.4. The van der Waals surface area contributed by atoms with E-state index in [1.54, 1.807) is 13.8 Å². The van der Waals surface area contributed by atoms with Crippen molar-refractivity contribution in [3.8, 4) is 5.75 Å². The standard InChI is InChI=1S/C15H23N3O5S/c1-3-23-14-5-4-12(10-13(14)17-15(19)11(2)16)24(20,21)18-6-8-22-9-7-18/h4-5,10-11H,3,6-9,16H2,1-2H3,(H,17,19)/t11-/m0/s1. The van der Waals surface area contributed by atoms with Crippen molar-refractivity contribution < 1.29 is 22.7 Å². The molecule has 1 fully saturated rings. The number of amides is 1. The van der Waals surface area contributed by atoms with E-state index in [1.807, 2.05) is 0 Å². The van der Waals surface area contributed by atoms with Gasteiger partial charge in [-0.1, -0.05) is 0 Å². The first-order valence-corrected chi connectivity index (χ1v) is 9.21. The Hall–Kier alpha value is -1.68. The SMILES string of the molecule is CCOc1ccc(S(=O)(=O)N2CCOCC2)cc1NC(=O)[C@H](C)N. The lowest BCUT2D eigenvalue weighted by atomic mass is 10.2. The Morgan fingerprint density at radius 1 is 1.42 bits per heavy atom. The highest BCUT2D eigenvalue weighted by Gasteiger charge is 2.27. The van der Waals surface area contributed by atoms with Crippen molar-refractivity contribution >= 4 is 21.6 Å². The number of hydrogen-bond donors (Lipinski definition) is 2. The van der Waals surface area contributed by atoms with Gasteiger partial charge in [-0.15, -0.1) is 0 Å². The van der Waals surface area contributed by atoms with Gasteiger partial charge in [-0.2, -0.15) is 4.31 Å². The summed E-state index contributed by atoms with van der Waals surface area (Å²) in [6.45, 7) is 5.07. The minimum atomic E-state index is -3.66. The lowest BCUT2D eigenvalue weighted by Crippen LogP contribution is -2.40. The van der Waals surface area contributed by atoms with Crippen molar-refractivity contribution in [1.82, 2.24) is 4.31 Å². The molecule has 0 aromatic heterocycles. The van der Waals surface area contributed by atoms with E-state index in [0.717, 1.165) is 0 Å². The van der Waals surface area contributed by atoms with E-state index < -0.39 is 22.0 Å². The molecule has 24 heavy (non-hydrogen) atoms. The van der Waals surface area contributed by atoms with Gasteiger partial charge in [0.25, 0.3) is 0 Å². The monoisotopic (exact) mass is 357 g/mol. The Morgan fingerprint density at radius 2 is 2.08 bits per heavy atom. The van der Waals surface area contributed by atoms with E-state index in [1.165, 1.54) is 22.5 Å². The molecule has 1 aliphatic rings. The molecule has 9 heteroatoms. The molecule has 3 N–H and O–H groups in total. The van der Waals surface area contributed by atoms with Crippen molar-refractivity contribution in [3.05, 3.63) is 18.2 Å². The molecular weight excluding hydrogens is 334 g/mol. The zero-order valence-corrected chi connectivity index (χ0v) is 14.6. The Morgan fingerprint density at radius 3 is 2.67 bits per heavy atom. The zero-order chi connectivity index (χ0) is 17.7. The van der Waals surface area contributed by atoms with Gasteiger partial charge in [0, 0.05) is 13.1 Å². The maximum Gasteiger partial charge on any atom is 0.243 e. The average Bonchev–Trinajstić information content (AvgIpc) is 2.57. The number of rotatable bonds is 6. The van der Waals surface area contributed by atoms with Crippen LogP contribution in [0.5, 0.6) is 5.75 Å². The minimum Gasteiger partial charge on any atom is -0.492 e. The average molecular weight is 357 g/mol. The van der Waals surface area contributed by atoms with Crippen LogP contribution in [0.15, 0.2) is 23.1 Å². The van der Waals surface area contributed by atoms with Gasteiger partial charge in [0.05, 0.1) is 36.4 Å². The quantitative estimate of drug-likeness (QED) is 0.762. The summed E-state index contributed by atoms with van der Waals surface area (Å²) in [6, 6.07) is 3.68. The topological polar surface area (TPSA) is 111 Å². The molecule has 8 nitrogen and oxygen atoms in total. The van der Waals surface area contributed by atoms with Crippen LogP contribution in [0.25, 0.3) is 0 Å². The third-order valence-electron chi connectivity index (χ3n) is 3.53. The number of morpholine rings is 1. The summed E-state index contributed by atoms with van der Waals surface area (Å²) in [5.74, 6) is -0.0238. The largest absolute Gasteiger partial charge is 0.492 e. The predicted molar refractivity (Wildman–Crippen MR) is 89.5 cm³/mol. The summed E-state index contributed by atoms with van der Waals surface area (Å²) >= 11 is 0. The molecule has 0 aliphatic carbocycles. The predicted octanol–water partition coefficient (Wildman–Crippen LogP) is 0.392. The van der Waals surface area contributed by atoms with E-state index in [9.17, 15) is 13.2 Å². The highest BCUT2D eigenvalue weighted by Crippen LogP contribution is 2.29. The number of hydrogen-bond acceptors (Lipinski definition) is 6. The molecule has 0 saturated carbocycles. The number of ether oxygens (including phenoxy) is 2.